The molecule has 1 aromatic heterocycles. The number of nitrogens with two attached hydrogens (primary N) is 1. The summed E-state index contributed by atoms with van der Waals surface area (Å²) >= 11 is 0. The third-order valence-electron chi connectivity index (χ3n) is 1.75. The maximum atomic E-state index is 12.6. The Bertz CT molecular complexity index is 321. The van der Waals surface area contributed by atoms with Crippen molar-refractivity contribution in [2.24, 2.45) is 5.73 Å². The molecular weight excluding hydrogens is 277 g/mol. The van der Waals surface area contributed by atoms with Crippen molar-refractivity contribution in [1.82, 2.24) is 15.5 Å². The van der Waals surface area contributed by atoms with Crippen molar-refractivity contribution in [2.45, 2.75) is 12.3 Å². The third-order valence-corrected chi connectivity index (χ3v) is 1.75. The average Bonchev–Trinajstić information content (AvgIpc) is 2.68. The number of hydrogen-bond donors (Lipinski definition) is 3. The van der Waals surface area contributed by atoms with Crippen molar-refractivity contribution in [1.29, 1.82) is 0 Å². The molecule has 0 aromatic carbocycles. The number of nitrogens with one attached hydrogen (secondary N) is 2. The van der Waals surface area contributed by atoms with Gasteiger partial charge in [-0.2, -0.15) is 5.10 Å². The smallest absolute Gasteiger partial charge is 0.277 e. The molecule has 0 aliphatic heterocycles. The maximum absolute atomic E-state index is 12.6. The van der Waals surface area contributed by atoms with E-state index in [0.717, 1.165) is 0 Å². The highest BCUT2D eigenvalue weighted by Crippen LogP contribution is 2.08. The standard InChI is InChI=1S/C8H12F2N4O.2ClH/c9-8(10,4-11)5-12-7(15)3-6-1-2-13-14-6;;/h1-2H,3-5,11H2,(H,12,15)(H,13,14);2*1H. The number of alkyl halides is 2. The van der Waals surface area contributed by atoms with Gasteiger partial charge in [0.25, 0.3) is 5.92 Å². The van der Waals surface area contributed by atoms with Crippen LogP contribution in [0.2, 0.25) is 0 Å². The highest BCUT2D eigenvalue weighted by atomic mass is 35.5. The van der Waals surface area contributed by atoms with Gasteiger partial charge in [-0.15, -0.1) is 24.8 Å². The number of H-pyrrole nitrogens is 1. The predicted octanol–water partition coefficient (Wildman–Crippen LogP) is 0.506. The van der Waals surface area contributed by atoms with Crippen LogP contribution in [0.3, 0.4) is 0 Å². The van der Waals surface area contributed by atoms with Crippen LogP contribution < -0.4 is 11.1 Å². The van der Waals surface area contributed by atoms with Gasteiger partial charge in [-0.1, -0.05) is 0 Å². The molecule has 0 unspecified atom stereocenters. The summed E-state index contributed by atoms with van der Waals surface area (Å²) in [5, 5.41) is 8.28. The monoisotopic (exact) mass is 290 g/mol. The highest BCUT2D eigenvalue weighted by Gasteiger charge is 2.27. The van der Waals surface area contributed by atoms with Crippen LogP contribution in [0.1, 0.15) is 5.69 Å². The molecule has 100 valence electrons. The first-order chi connectivity index (χ1) is 7.03. The summed E-state index contributed by atoms with van der Waals surface area (Å²) in [7, 11) is 0. The van der Waals surface area contributed by atoms with Crippen LogP contribution in [0.4, 0.5) is 8.78 Å². The number of nitrogens with zero attached hydrogens (tertiary/aromatic N) is 1. The molecule has 17 heavy (non-hydrogen) atoms. The molecule has 1 aromatic rings. The molecule has 0 aliphatic carbocycles. The Hall–Kier alpha value is -0.920. The minimum atomic E-state index is -3.05. The van der Waals surface area contributed by atoms with Gasteiger partial charge in [0.1, 0.15) is 0 Å². The molecule has 0 saturated heterocycles. The zero-order valence-electron chi connectivity index (χ0n) is 8.78. The first-order valence-electron chi connectivity index (χ1n) is 4.36. The number of amides is 1. The van der Waals surface area contributed by atoms with Crippen molar-refractivity contribution in [2.75, 3.05) is 13.1 Å². The van der Waals surface area contributed by atoms with Gasteiger partial charge in [-0.3, -0.25) is 9.89 Å². The topological polar surface area (TPSA) is 83.8 Å². The van der Waals surface area contributed by atoms with Crippen LogP contribution in [0, 0.1) is 0 Å². The molecule has 9 heteroatoms. The van der Waals surface area contributed by atoms with Crippen molar-refractivity contribution >= 4 is 30.7 Å². The van der Waals surface area contributed by atoms with Crippen molar-refractivity contribution in [3.8, 4) is 0 Å². The Labute approximate surface area is 109 Å². The number of aromatic amines is 1. The van der Waals surface area contributed by atoms with Crippen LogP contribution in [0.5, 0.6) is 0 Å². The van der Waals surface area contributed by atoms with E-state index in [0.29, 0.717) is 5.69 Å². The lowest BCUT2D eigenvalue weighted by Crippen LogP contribution is -2.42. The normalized spacial score (nSPS) is 10.1. The maximum Gasteiger partial charge on any atom is 0.277 e. The minimum Gasteiger partial charge on any atom is -0.350 e. The molecule has 1 heterocycles. The molecule has 0 fully saturated rings. The number of rotatable bonds is 5. The minimum absolute atomic E-state index is 0. The Morgan fingerprint density at radius 3 is 2.65 bits per heavy atom. The van der Waals surface area contributed by atoms with Crippen LogP contribution in [0.15, 0.2) is 12.3 Å². The molecule has 0 saturated carbocycles. The van der Waals surface area contributed by atoms with Gasteiger partial charge in [0.2, 0.25) is 5.91 Å². The van der Waals surface area contributed by atoms with E-state index in [1.165, 1.54) is 6.20 Å². The Morgan fingerprint density at radius 2 is 2.18 bits per heavy atom. The van der Waals surface area contributed by atoms with E-state index in [9.17, 15) is 13.6 Å². The second-order valence-corrected chi connectivity index (χ2v) is 3.10. The van der Waals surface area contributed by atoms with Crippen LogP contribution in [0.25, 0.3) is 0 Å². The summed E-state index contributed by atoms with van der Waals surface area (Å²) in [5.41, 5.74) is 5.38. The highest BCUT2D eigenvalue weighted by molar-refractivity contribution is 5.85. The van der Waals surface area contributed by atoms with Crippen molar-refractivity contribution in [3.05, 3.63) is 18.0 Å². The van der Waals surface area contributed by atoms with E-state index < -0.39 is 24.9 Å². The van der Waals surface area contributed by atoms with Gasteiger partial charge >= 0.3 is 0 Å². The van der Waals surface area contributed by atoms with Crippen LogP contribution in [-0.4, -0.2) is 35.1 Å². The van der Waals surface area contributed by atoms with E-state index in [1.54, 1.807) is 6.07 Å². The number of aromatic nitrogens is 2. The zero-order chi connectivity index (χ0) is 11.3. The van der Waals surface area contributed by atoms with Gasteiger partial charge in [0, 0.05) is 11.9 Å². The fourth-order valence-corrected chi connectivity index (χ4v) is 0.919. The van der Waals surface area contributed by atoms with E-state index in [2.05, 4.69) is 15.5 Å². The Balaban J connectivity index is 0. The summed E-state index contributed by atoms with van der Waals surface area (Å²) in [4.78, 5) is 11.1. The molecular formula is C8H14Cl2F2N4O. The Kier molecular flexibility index (Phi) is 8.91. The fourth-order valence-electron chi connectivity index (χ4n) is 0.919. The molecule has 0 atom stereocenters. The molecule has 1 amide bonds. The van der Waals surface area contributed by atoms with E-state index in [1.807, 2.05) is 0 Å². The summed E-state index contributed by atoms with van der Waals surface area (Å²) < 4.78 is 25.3. The van der Waals surface area contributed by atoms with E-state index >= 15 is 0 Å². The van der Waals surface area contributed by atoms with Crippen molar-refractivity contribution in [3.63, 3.8) is 0 Å². The average molecular weight is 291 g/mol. The van der Waals surface area contributed by atoms with E-state index in [4.69, 9.17) is 5.73 Å². The number of carbonyl (C=O) groups is 1. The SMILES string of the molecule is Cl.Cl.NCC(F)(F)CNC(=O)Cc1ccn[nH]1. The van der Waals surface area contributed by atoms with E-state index in [-0.39, 0.29) is 31.2 Å². The lowest BCUT2D eigenvalue weighted by atomic mass is 10.3. The van der Waals surface area contributed by atoms with Crippen LogP contribution in [-0.2, 0) is 11.2 Å². The largest absolute Gasteiger partial charge is 0.350 e. The van der Waals surface area contributed by atoms with Gasteiger partial charge in [0.15, 0.2) is 0 Å². The molecule has 1 rings (SSSR count). The second kappa shape index (κ2) is 8.21. The zero-order valence-corrected chi connectivity index (χ0v) is 10.4. The molecule has 5 nitrogen and oxygen atoms in total. The van der Waals surface area contributed by atoms with Crippen LogP contribution >= 0.6 is 24.8 Å². The van der Waals surface area contributed by atoms with Gasteiger partial charge in [-0.05, 0) is 6.07 Å². The fraction of sp³-hybridized carbons (Fsp3) is 0.500. The summed E-state index contributed by atoms with van der Waals surface area (Å²) in [6.45, 7) is -1.52. The molecule has 4 N–H and O–H groups in total. The summed E-state index contributed by atoms with van der Waals surface area (Å²) in [6.07, 6.45) is 1.48. The number of carbonyl (C=O) groups excluding carboxylic acids is 1. The molecule has 0 radical (unpaired) electrons. The first-order valence-corrected chi connectivity index (χ1v) is 4.36. The molecule has 0 aliphatic rings. The lowest BCUT2D eigenvalue weighted by molar-refractivity contribution is -0.122. The Morgan fingerprint density at radius 1 is 1.53 bits per heavy atom. The molecule has 0 bridgehead atoms. The molecule has 0 spiro atoms. The van der Waals surface area contributed by atoms with Gasteiger partial charge in [-0.25, -0.2) is 8.78 Å². The first kappa shape index (κ1) is 18.4. The second-order valence-electron chi connectivity index (χ2n) is 3.10. The third kappa shape index (κ3) is 7.09. The van der Waals surface area contributed by atoms with Gasteiger partial charge in [0.05, 0.1) is 19.5 Å². The number of halogens is 4. The quantitative estimate of drug-likeness (QED) is 0.739. The summed E-state index contributed by atoms with van der Waals surface area (Å²) in [5.74, 6) is -3.55. The number of hydrogen-bond acceptors (Lipinski definition) is 3. The summed E-state index contributed by atoms with van der Waals surface area (Å²) in [6, 6.07) is 1.60. The van der Waals surface area contributed by atoms with Crippen molar-refractivity contribution < 1.29 is 13.6 Å². The van der Waals surface area contributed by atoms with Gasteiger partial charge < -0.3 is 11.1 Å². The lowest BCUT2D eigenvalue weighted by Gasteiger charge is -2.14. The predicted molar refractivity (Wildman–Crippen MR) is 63.8 cm³/mol.